The summed E-state index contributed by atoms with van der Waals surface area (Å²) < 4.78 is 1.20. The third-order valence-corrected chi connectivity index (χ3v) is 2.18. The Hall–Kier alpha value is -0.380. The van der Waals surface area contributed by atoms with E-state index in [-0.39, 0.29) is 5.78 Å². The predicted octanol–water partition coefficient (Wildman–Crippen LogP) is 2.73. The Labute approximate surface area is 86.3 Å². The zero-order valence-electron chi connectivity index (χ0n) is 7.23. The van der Waals surface area contributed by atoms with Gasteiger partial charge in [0.05, 0.1) is 0 Å². The SMILES string of the molecule is CC(=O)Cc1cc(C)cc(I)c1. The Morgan fingerprint density at radius 1 is 1.42 bits per heavy atom. The van der Waals surface area contributed by atoms with Gasteiger partial charge in [-0.1, -0.05) is 6.07 Å². The summed E-state index contributed by atoms with van der Waals surface area (Å²) in [5.74, 6) is 0.219. The summed E-state index contributed by atoms with van der Waals surface area (Å²) in [6, 6.07) is 6.21. The van der Waals surface area contributed by atoms with Crippen LogP contribution in [0.4, 0.5) is 0 Å². The molecule has 0 saturated heterocycles. The average molecular weight is 274 g/mol. The van der Waals surface area contributed by atoms with Crippen molar-refractivity contribution in [2.45, 2.75) is 20.3 Å². The van der Waals surface area contributed by atoms with Crippen molar-refractivity contribution in [3.63, 3.8) is 0 Å². The van der Waals surface area contributed by atoms with Crippen LogP contribution in [0.1, 0.15) is 18.1 Å². The molecule has 0 spiro atoms. The molecule has 1 rings (SSSR count). The third kappa shape index (κ3) is 2.93. The van der Waals surface area contributed by atoms with Crippen LogP contribution < -0.4 is 0 Å². The van der Waals surface area contributed by atoms with Crippen molar-refractivity contribution >= 4 is 28.4 Å². The molecule has 0 heterocycles. The molecule has 1 aromatic carbocycles. The number of hydrogen-bond donors (Lipinski definition) is 0. The highest BCUT2D eigenvalue weighted by atomic mass is 127. The molecule has 0 fully saturated rings. The van der Waals surface area contributed by atoms with Crippen molar-refractivity contribution in [1.82, 2.24) is 0 Å². The van der Waals surface area contributed by atoms with Crippen molar-refractivity contribution in [1.29, 1.82) is 0 Å². The molecule has 1 aromatic rings. The fraction of sp³-hybridized carbons (Fsp3) is 0.300. The van der Waals surface area contributed by atoms with Crippen LogP contribution in [-0.4, -0.2) is 5.78 Å². The molecule has 0 saturated carbocycles. The third-order valence-electron chi connectivity index (χ3n) is 1.55. The lowest BCUT2D eigenvalue weighted by Gasteiger charge is -2.00. The molecule has 2 heteroatoms. The van der Waals surface area contributed by atoms with Crippen LogP contribution in [0.15, 0.2) is 18.2 Å². The molecule has 64 valence electrons. The fourth-order valence-electron chi connectivity index (χ4n) is 1.20. The van der Waals surface area contributed by atoms with E-state index in [2.05, 4.69) is 40.8 Å². The van der Waals surface area contributed by atoms with Crippen molar-refractivity contribution < 1.29 is 4.79 Å². The van der Waals surface area contributed by atoms with Crippen molar-refractivity contribution in [3.8, 4) is 0 Å². The maximum atomic E-state index is 10.8. The minimum Gasteiger partial charge on any atom is -0.300 e. The van der Waals surface area contributed by atoms with Gasteiger partial charge in [-0.2, -0.15) is 0 Å². The summed E-state index contributed by atoms with van der Waals surface area (Å²) in [5, 5.41) is 0. The molecule has 0 aliphatic heterocycles. The topological polar surface area (TPSA) is 17.1 Å². The molecule has 0 aliphatic rings. The van der Waals surface area contributed by atoms with Gasteiger partial charge in [-0.3, -0.25) is 4.79 Å². The second-order valence-electron chi connectivity index (χ2n) is 3.02. The molecular formula is C10H11IO. The lowest BCUT2D eigenvalue weighted by atomic mass is 10.1. The standard InChI is InChI=1S/C10H11IO/c1-7-3-9(5-8(2)12)6-10(11)4-7/h3-4,6H,5H2,1-2H3. The van der Waals surface area contributed by atoms with E-state index in [4.69, 9.17) is 0 Å². The number of benzene rings is 1. The molecule has 1 nitrogen and oxygen atoms in total. The summed E-state index contributed by atoms with van der Waals surface area (Å²) in [5.41, 5.74) is 2.34. The van der Waals surface area contributed by atoms with Crippen molar-refractivity contribution in [3.05, 3.63) is 32.9 Å². The van der Waals surface area contributed by atoms with Crippen LogP contribution in [0.3, 0.4) is 0 Å². The number of aryl methyl sites for hydroxylation is 1. The number of halogens is 1. The highest BCUT2D eigenvalue weighted by Crippen LogP contribution is 2.12. The minimum atomic E-state index is 0.219. The first-order chi connectivity index (χ1) is 5.58. The van der Waals surface area contributed by atoms with Crippen LogP contribution in [0.2, 0.25) is 0 Å². The van der Waals surface area contributed by atoms with E-state index in [0.29, 0.717) is 6.42 Å². The van der Waals surface area contributed by atoms with E-state index in [0.717, 1.165) is 5.56 Å². The quantitative estimate of drug-likeness (QED) is 0.758. The first kappa shape index (κ1) is 9.71. The lowest BCUT2D eigenvalue weighted by Crippen LogP contribution is -1.96. The summed E-state index contributed by atoms with van der Waals surface area (Å²) >= 11 is 2.27. The number of ketones is 1. The molecule has 0 aromatic heterocycles. The van der Waals surface area contributed by atoms with Gasteiger partial charge in [0, 0.05) is 9.99 Å². The fourth-order valence-corrected chi connectivity index (χ4v) is 2.09. The van der Waals surface area contributed by atoms with E-state index in [1.165, 1.54) is 9.13 Å². The van der Waals surface area contributed by atoms with Gasteiger partial charge in [0.25, 0.3) is 0 Å². The van der Waals surface area contributed by atoms with Crippen molar-refractivity contribution in [2.24, 2.45) is 0 Å². The summed E-state index contributed by atoms with van der Waals surface area (Å²) in [4.78, 5) is 10.8. The van der Waals surface area contributed by atoms with Crippen LogP contribution in [0.25, 0.3) is 0 Å². The van der Waals surface area contributed by atoms with Crippen LogP contribution in [0, 0.1) is 10.5 Å². The lowest BCUT2D eigenvalue weighted by molar-refractivity contribution is -0.116. The maximum Gasteiger partial charge on any atom is 0.134 e. The summed E-state index contributed by atoms with van der Waals surface area (Å²) in [6.45, 7) is 3.67. The van der Waals surface area contributed by atoms with Crippen molar-refractivity contribution in [2.75, 3.05) is 0 Å². The van der Waals surface area contributed by atoms with E-state index < -0.39 is 0 Å². The maximum absolute atomic E-state index is 10.8. The van der Waals surface area contributed by atoms with Crippen LogP contribution in [0.5, 0.6) is 0 Å². The molecule has 12 heavy (non-hydrogen) atoms. The summed E-state index contributed by atoms with van der Waals surface area (Å²) in [7, 11) is 0. The Kier molecular flexibility index (Phi) is 3.26. The smallest absolute Gasteiger partial charge is 0.134 e. The van der Waals surface area contributed by atoms with Crippen LogP contribution >= 0.6 is 22.6 Å². The molecule has 0 bridgehead atoms. The largest absolute Gasteiger partial charge is 0.300 e. The van der Waals surface area contributed by atoms with E-state index in [9.17, 15) is 4.79 Å². The monoisotopic (exact) mass is 274 g/mol. The molecule has 0 atom stereocenters. The number of Topliss-reactive ketones (excluding diaryl/α,β-unsaturated/α-hetero) is 1. The summed E-state index contributed by atoms with van der Waals surface area (Å²) in [6.07, 6.45) is 0.553. The number of hydrogen-bond acceptors (Lipinski definition) is 1. The van der Waals surface area contributed by atoms with Gasteiger partial charge in [-0.05, 0) is 59.7 Å². The molecule has 0 N–H and O–H groups in total. The first-order valence-corrected chi connectivity index (χ1v) is 4.91. The zero-order valence-corrected chi connectivity index (χ0v) is 9.38. The average Bonchev–Trinajstić information content (AvgIpc) is 1.81. The van der Waals surface area contributed by atoms with E-state index in [1.54, 1.807) is 6.92 Å². The predicted molar refractivity (Wildman–Crippen MR) is 58.3 cm³/mol. The number of carbonyl (C=O) groups excluding carboxylic acids is 1. The van der Waals surface area contributed by atoms with E-state index in [1.807, 2.05) is 6.92 Å². The Bertz CT molecular complexity index is 284. The minimum absolute atomic E-state index is 0.219. The zero-order chi connectivity index (χ0) is 9.14. The van der Waals surface area contributed by atoms with Gasteiger partial charge >= 0.3 is 0 Å². The molecule has 0 unspecified atom stereocenters. The second-order valence-corrected chi connectivity index (χ2v) is 4.26. The normalized spacial score (nSPS) is 9.92. The number of carbonyl (C=O) groups is 1. The second kappa shape index (κ2) is 4.03. The van der Waals surface area contributed by atoms with Gasteiger partial charge in [-0.25, -0.2) is 0 Å². The van der Waals surface area contributed by atoms with Gasteiger partial charge in [0.15, 0.2) is 0 Å². The molecule has 0 aliphatic carbocycles. The van der Waals surface area contributed by atoms with Gasteiger partial charge in [0.1, 0.15) is 5.78 Å². The number of rotatable bonds is 2. The van der Waals surface area contributed by atoms with Gasteiger partial charge < -0.3 is 0 Å². The molecule has 0 radical (unpaired) electrons. The molecular weight excluding hydrogens is 263 g/mol. The first-order valence-electron chi connectivity index (χ1n) is 3.83. The highest BCUT2D eigenvalue weighted by Gasteiger charge is 1.99. The molecule has 0 amide bonds. The van der Waals surface area contributed by atoms with Gasteiger partial charge in [-0.15, -0.1) is 0 Å². The Balaban J connectivity index is 2.93. The van der Waals surface area contributed by atoms with Crippen LogP contribution in [-0.2, 0) is 11.2 Å². The van der Waals surface area contributed by atoms with E-state index >= 15 is 0 Å². The highest BCUT2D eigenvalue weighted by molar-refractivity contribution is 14.1. The van der Waals surface area contributed by atoms with Gasteiger partial charge in [0.2, 0.25) is 0 Å². The Morgan fingerprint density at radius 3 is 2.58 bits per heavy atom. The Morgan fingerprint density at radius 2 is 2.08 bits per heavy atom.